The van der Waals surface area contributed by atoms with Crippen LogP contribution in [0.3, 0.4) is 0 Å². The smallest absolute Gasteiger partial charge is 0.270 e. The number of piperidine rings is 1. The summed E-state index contributed by atoms with van der Waals surface area (Å²) in [5.74, 6) is 0.694. The maximum absolute atomic E-state index is 13.5. The van der Waals surface area contributed by atoms with E-state index >= 15 is 0 Å². The van der Waals surface area contributed by atoms with E-state index in [0.717, 1.165) is 60.5 Å². The third-order valence-electron chi connectivity index (χ3n) is 6.59. The molecular weight excluding hydrogens is 360 g/mol. The van der Waals surface area contributed by atoms with Crippen molar-refractivity contribution in [3.05, 3.63) is 65.1 Å². The molecule has 5 heteroatoms. The first-order valence-corrected chi connectivity index (χ1v) is 10.6. The molecule has 1 aromatic carbocycles. The molecule has 0 saturated carbocycles. The van der Waals surface area contributed by atoms with Crippen LogP contribution in [-0.4, -0.2) is 51.4 Å². The van der Waals surface area contributed by atoms with Crippen molar-refractivity contribution in [2.24, 2.45) is 5.92 Å². The van der Waals surface area contributed by atoms with Gasteiger partial charge in [0.05, 0.1) is 5.69 Å². The molecule has 2 atom stereocenters. The fourth-order valence-corrected chi connectivity index (χ4v) is 5.08. The Morgan fingerprint density at radius 2 is 2.03 bits per heavy atom. The molecule has 0 spiro atoms. The Labute approximate surface area is 171 Å². The number of pyridine rings is 1. The van der Waals surface area contributed by atoms with E-state index in [1.165, 1.54) is 12.0 Å². The lowest BCUT2D eigenvalue weighted by Gasteiger charge is -2.36. The lowest BCUT2D eigenvalue weighted by molar-refractivity contribution is 0.0579. The van der Waals surface area contributed by atoms with E-state index in [2.05, 4.69) is 57.9 Å². The summed E-state index contributed by atoms with van der Waals surface area (Å²) in [7, 11) is 0. The predicted octanol–water partition coefficient (Wildman–Crippen LogP) is 3.92. The zero-order valence-corrected chi connectivity index (χ0v) is 17.2. The van der Waals surface area contributed by atoms with Crippen molar-refractivity contribution in [2.75, 3.05) is 19.6 Å². The third kappa shape index (κ3) is 3.44. The van der Waals surface area contributed by atoms with Gasteiger partial charge >= 0.3 is 0 Å². The molecule has 3 aromatic rings. The summed E-state index contributed by atoms with van der Waals surface area (Å²) in [4.78, 5) is 26.1. The standard InChI is InChI=1S/C24H28N4O/c1-16-6-9-22-21(11-16)17(2)23(26-22)24(29)28-13-18-7-8-20(28)15-27(12-18)14-19-5-3-4-10-25-19/h3-6,9-11,18,20,26H,7-8,12-15H2,1-2H3/t18-,20+/m0/s1. The van der Waals surface area contributed by atoms with Crippen LogP contribution in [0.5, 0.6) is 0 Å². The second-order valence-corrected chi connectivity index (χ2v) is 8.74. The first kappa shape index (κ1) is 18.4. The fraction of sp³-hybridized carbons (Fsp3) is 0.417. The number of rotatable bonds is 3. The minimum absolute atomic E-state index is 0.158. The quantitative estimate of drug-likeness (QED) is 0.740. The minimum atomic E-state index is 0.158. The van der Waals surface area contributed by atoms with Gasteiger partial charge in [0.1, 0.15) is 5.69 Å². The lowest BCUT2D eigenvalue weighted by Crippen LogP contribution is -2.47. The number of nitrogens with zero attached hydrogens (tertiary/aromatic N) is 3. The number of hydrogen-bond donors (Lipinski definition) is 1. The molecule has 29 heavy (non-hydrogen) atoms. The van der Waals surface area contributed by atoms with Gasteiger partial charge < -0.3 is 9.88 Å². The van der Waals surface area contributed by atoms with Crippen LogP contribution < -0.4 is 0 Å². The van der Waals surface area contributed by atoms with E-state index < -0.39 is 0 Å². The first-order valence-electron chi connectivity index (χ1n) is 10.6. The summed E-state index contributed by atoms with van der Waals surface area (Å²) >= 11 is 0. The van der Waals surface area contributed by atoms with Crippen LogP contribution in [0.4, 0.5) is 0 Å². The van der Waals surface area contributed by atoms with E-state index in [4.69, 9.17) is 0 Å². The number of amides is 1. The van der Waals surface area contributed by atoms with Crippen LogP contribution in [0.15, 0.2) is 42.6 Å². The van der Waals surface area contributed by atoms with Crippen LogP contribution in [0.25, 0.3) is 10.9 Å². The Morgan fingerprint density at radius 3 is 2.86 bits per heavy atom. The van der Waals surface area contributed by atoms with Gasteiger partial charge in [0.25, 0.3) is 5.91 Å². The summed E-state index contributed by atoms with van der Waals surface area (Å²) in [5.41, 5.74) is 5.20. The average Bonchev–Trinajstić information content (AvgIpc) is 2.86. The zero-order valence-electron chi connectivity index (χ0n) is 17.2. The molecule has 0 radical (unpaired) electrons. The van der Waals surface area contributed by atoms with E-state index in [1.807, 2.05) is 18.3 Å². The number of aromatic nitrogens is 2. The van der Waals surface area contributed by atoms with Crippen LogP contribution in [0.2, 0.25) is 0 Å². The SMILES string of the molecule is Cc1ccc2[nH]c(C(=O)N3C[C@H]4CC[C@@H]3CN(Cc3ccccn3)C4)c(C)c2c1. The highest BCUT2D eigenvalue weighted by molar-refractivity contribution is 6.01. The van der Waals surface area contributed by atoms with Gasteiger partial charge in [0.15, 0.2) is 0 Å². The van der Waals surface area contributed by atoms with Gasteiger partial charge in [-0.15, -0.1) is 0 Å². The van der Waals surface area contributed by atoms with E-state index in [-0.39, 0.29) is 11.9 Å². The highest BCUT2D eigenvalue weighted by atomic mass is 16.2. The van der Waals surface area contributed by atoms with Gasteiger partial charge in [0.2, 0.25) is 0 Å². The fourth-order valence-electron chi connectivity index (χ4n) is 5.08. The number of carbonyl (C=O) groups is 1. The van der Waals surface area contributed by atoms with Gasteiger partial charge in [-0.05, 0) is 62.4 Å². The first-order chi connectivity index (χ1) is 14.1. The van der Waals surface area contributed by atoms with Crippen molar-refractivity contribution in [1.82, 2.24) is 19.8 Å². The van der Waals surface area contributed by atoms with Gasteiger partial charge in [-0.25, -0.2) is 0 Å². The number of carbonyl (C=O) groups excluding carboxylic acids is 1. The van der Waals surface area contributed by atoms with Crippen molar-refractivity contribution in [3.63, 3.8) is 0 Å². The topological polar surface area (TPSA) is 52.2 Å². The van der Waals surface area contributed by atoms with E-state index in [9.17, 15) is 4.79 Å². The largest absolute Gasteiger partial charge is 0.350 e. The number of nitrogens with one attached hydrogen (secondary N) is 1. The second-order valence-electron chi connectivity index (χ2n) is 8.74. The molecule has 6 rings (SSSR count). The Morgan fingerprint density at radius 1 is 1.14 bits per heavy atom. The van der Waals surface area contributed by atoms with Gasteiger partial charge in [-0.2, -0.15) is 0 Å². The molecule has 2 bridgehead atoms. The van der Waals surface area contributed by atoms with Crippen molar-refractivity contribution >= 4 is 16.8 Å². The van der Waals surface area contributed by atoms with Crippen LogP contribution in [0, 0.1) is 19.8 Å². The molecule has 1 amide bonds. The predicted molar refractivity (Wildman–Crippen MR) is 115 cm³/mol. The van der Waals surface area contributed by atoms with Crippen LogP contribution in [-0.2, 0) is 6.54 Å². The lowest BCUT2D eigenvalue weighted by atomic mass is 9.94. The van der Waals surface area contributed by atoms with Crippen molar-refractivity contribution in [3.8, 4) is 0 Å². The summed E-state index contributed by atoms with van der Waals surface area (Å²) in [5, 5.41) is 1.16. The summed E-state index contributed by atoms with van der Waals surface area (Å²) in [6.45, 7) is 7.85. The van der Waals surface area contributed by atoms with E-state index in [1.54, 1.807) is 0 Å². The average molecular weight is 389 g/mol. The van der Waals surface area contributed by atoms with Crippen LogP contribution >= 0.6 is 0 Å². The number of H-pyrrole nitrogens is 1. The molecule has 150 valence electrons. The summed E-state index contributed by atoms with van der Waals surface area (Å²) in [6, 6.07) is 12.7. The Kier molecular flexibility index (Phi) is 4.63. The Balaban J connectivity index is 1.39. The number of aromatic amines is 1. The minimum Gasteiger partial charge on any atom is -0.350 e. The van der Waals surface area contributed by atoms with Crippen molar-refractivity contribution < 1.29 is 4.79 Å². The molecular formula is C24H28N4O. The van der Waals surface area contributed by atoms with Gasteiger partial charge in [-0.3, -0.25) is 14.7 Å². The van der Waals surface area contributed by atoms with Crippen molar-refractivity contribution in [2.45, 2.75) is 39.3 Å². The second kappa shape index (κ2) is 7.30. The number of hydrogen-bond acceptors (Lipinski definition) is 3. The number of fused-ring (bicyclic) bond motifs is 5. The maximum atomic E-state index is 13.5. The molecule has 5 heterocycles. The molecule has 3 aliphatic heterocycles. The molecule has 0 unspecified atom stereocenters. The summed E-state index contributed by atoms with van der Waals surface area (Å²) < 4.78 is 0. The Bertz CT molecular complexity index is 1040. The molecule has 3 aliphatic rings. The number of aryl methyl sites for hydroxylation is 2. The molecule has 1 N–H and O–H groups in total. The summed E-state index contributed by atoms with van der Waals surface area (Å²) in [6.07, 6.45) is 4.16. The molecule has 5 nitrogen and oxygen atoms in total. The zero-order chi connectivity index (χ0) is 20.0. The van der Waals surface area contributed by atoms with Crippen molar-refractivity contribution in [1.29, 1.82) is 0 Å². The normalized spacial score (nSPS) is 22.2. The molecule has 0 aliphatic carbocycles. The van der Waals surface area contributed by atoms with Gasteiger partial charge in [-0.1, -0.05) is 17.7 Å². The highest BCUT2D eigenvalue weighted by Crippen LogP contribution is 2.31. The highest BCUT2D eigenvalue weighted by Gasteiger charge is 2.38. The molecule has 3 fully saturated rings. The number of benzene rings is 1. The maximum Gasteiger partial charge on any atom is 0.270 e. The van der Waals surface area contributed by atoms with Crippen LogP contribution in [0.1, 0.15) is 40.2 Å². The van der Waals surface area contributed by atoms with E-state index in [0.29, 0.717) is 5.92 Å². The molecule has 2 aromatic heterocycles. The monoisotopic (exact) mass is 388 g/mol. The third-order valence-corrected chi connectivity index (χ3v) is 6.59. The van der Waals surface area contributed by atoms with Gasteiger partial charge in [0, 0.05) is 49.3 Å². The Hall–Kier alpha value is -2.66. The molecule has 3 saturated heterocycles.